The molecule has 1 heterocycles. The van der Waals surface area contributed by atoms with Crippen molar-refractivity contribution in [3.8, 4) is 0 Å². The second-order valence-corrected chi connectivity index (χ2v) is 3.31. The molecule has 1 atom stereocenters. The molecular formula is C7H10N2OS. The fourth-order valence-corrected chi connectivity index (χ4v) is 1.58. The molecule has 1 aromatic heterocycles. The first-order chi connectivity index (χ1) is 5.11. The van der Waals surface area contributed by atoms with Gasteiger partial charge in [-0.05, 0) is 23.9 Å². The zero-order valence-electron chi connectivity index (χ0n) is 6.20. The van der Waals surface area contributed by atoms with Crippen molar-refractivity contribution < 1.29 is 4.79 Å². The third kappa shape index (κ3) is 1.78. The maximum atomic E-state index is 10.6. The van der Waals surface area contributed by atoms with Gasteiger partial charge in [-0.3, -0.25) is 4.79 Å². The smallest absolute Gasteiger partial charge is 0.258 e. The molecule has 0 saturated carbocycles. The largest absolute Gasteiger partial charge is 0.365 e. The van der Waals surface area contributed by atoms with Gasteiger partial charge in [0.05, 0.1) is 4.88 Å². The lowest BCUT2D eigenvalue weighted by atomic mass is 10.2. The van der Waals surface area contributed by atoms with Crippen molar-refractivity contribution in [3.05, 3.63) is 21.9 Å². The third-order valence-corrected chi connectivity index (χ3v) is 2.35. The molecule has 3 nitrogen and oxygen atoms in total. The Labute approximate surface area is 69.0 Å². The molecule has 0 aliphatic carbocycles. The van der Waals surface area contributed by atoms with E-state index in [1.54, 1.807) is 6.07 Å². The van der Waals surface area contributed by atoms with Crippen LogP contribution in [0.1, 0.15) is 28.2 Å². The Balaban J connectivity index is 2.90. The molecule has 0 spiro atoms. The Hall–Kier alpha value is -0.870. The number of hydrogen-bond donors (Lipinski definition) is 2. The van der Waals surface area contributed by atoms with E-state index in [4.69, 9.17) is 11.5 Å². The second-order valence-electron chi connectivity index (χ2n) is 2.40. The predicted molar refractivity (Wildman–Crippen MR) is 45.4 cm³/mol. The molecular weight excluding hydrogens is 160 g/mol. The lowest BCUT2D eigenvalue weighted by Crippen LogP contribution is -2.09. The zero-order chi connectivity index (χ0) is 8.43. The van der Waals surface area contributed by atoms with Gasteiger partial charge in [0.15, 0.2) is 0 Å². The van der Waals surface area contributed by atoms with E-state index in [9.17, 15) is 4.79 Å². The predicted octanol–water partition coefficient (Wildman–Crippen LogP) is 0.867. The fraction of sp³-hybridized carbons (Fsp3) is 0.286. The molecule has 0 unspecified atom stereocenters. The number of carbonyl (C=O) groups is 1. The van der Waals surface area contributed by atoms with Gasteiger partial charge >= 0.3 is 0 Å². The van der Waals surface area contributed by atoms with Gasteiger partial charge in [-0.25, -0.2) is 0 Å². The second kappa shape index (κ2) is 3.02. The standard InChI is InChI=1S/C7H10N2OS/c1-4(8)5-2-6(7(9)10)11-3-5/h2-4H,8H2,1H3,(H2,9,10)/t4-/m0/s1. The summed E-state index contributed by atoms with van der Waals surface area (Å²) in [6.45, 7) is 1.87. The van der Waals surface area contributed by atoms with E-state index in [0.29, 0.717) is 4.88 Å². The van der Waals surface area contributed by atoms with Crippen molar-refractivity contribution in [2.24, 2.45) is 11.5 Å². The summed E-state index contributed by atoms with van der Waals surface area (Å²) in [6, 6.07) is 1.71. The van der Waals surface area contributed by atoms with Crippen LogP contribution in [0.3, 0.4) is 0 Å². The zero-order valence-corrected chi connectivity index (χ0v) is 7.02. The average Bonchev–Trinajstić information content (AvgIpc) is 2.33. The van der Waals surface area contributed by atoms with Gasteiger partial charge < -0.3 is 11.5 Å². The summed E-state index contributed by atoms with van der Waals surface area (Å²) in [7, 11) is 0. The van der Waals surface area contributed by atoms with E-state index in [1.807, 2.05) is 12.3 Å². The molecule has 11 heavy (non-hydrogen) atoms. The van der Waals surface area contributed by atoms with Gasteiger partial charge in [0, 0.05) is 6.04 Å². The van der Waals surface area contributed by atoms with Crippen molar-refractivity contribution in [2.75, 3.05) is 0 Å². The summed E-state index contributed by atoms with van der Waals surface area (Å²) in [6.07, 6.45) is 0. The van der Waals surface area contributed by atoms with E-state index < -0.39 is 0 Å². The van der Waals surface area contributed by atoms with Gasteiger partial charge in [0.2, 0.25) is 0 Å². The third-order valence-electron chi connectivity index (χ3n) is 1.39. The number of carbonyl (C=O) groups excluding carboxylic acids is 1. The highest BCUT2D eigenvalue weighted by atomic mass is 32.1. The van der Waals surface area contributed by atoms with Crippen LogP contribution in [0.2, 0.25) is 0 Å². The summed E-state index contributed by atoms with van der Waals surface area (Å²) < 4.78 is 0. The van der Waals surface area contributed by atoms with E-state index in [1.165, 1.54) is 11.3 Å². The molecule has 1 aromatic rings. The van der Waals surface area contributed by atoms with Crippen LogP contribution in [0, 0.1) is 0 Å². The minimum Gasteiger partial charge on any atom is -0.365 e. The number of hydrogen-bond acceptors (Lipinski definition) is 3. The molecule has 0 radical (unpaired) electrons. The van der Waals surface area contributed by atoms with Crippen LogP contribution in [0.25, 0.3) is 0 Å². The molecule has 0 saturated heterocycles. The summed E-state index contributed by atoms with van der Waals surface area (Å²) in [4.78, 5) is 11.2. The number of amides is 1. The number of thiophene rings is 1. The molecule has 0 fully saturated rings. The number of rotatable bonds is 2. The van der Waals surface area contributed by atoms with Crippen LogP contribution in [0.4, 0.5) is 0 Å². The maximum Gasteiger partial charge on any atom is 0.258 e. The topological polar surface area (TPSA) is 69.1 Å². The molecule has 1 amide bonds. The van der Waals surface area contributed by atoms with Crippen molar-refractivity contribution in [3.63, 3.8) is 0 Å². The van der Waals surface area contributed by atoms with E-state index in [-0.39, 0.29) is 11.9 Å². The highest BCUT2D eigenvalue weighted by Gasteiger charge is 2.06. The van der Waals surface area contributed by atoms with Crippen molar-refractivity contribution >= 4 is 17.2 Å². The molecule has 60 valence electrons. The number of primary amides is 1. The minimum absolute atomic E-state index is 0.0284. The molecule has 0 bridgehead atoms. The van der Waals surface area contributed by atoms with Gasteiger partial charge in [-0.1, -0.05) is 0 Å². The molecule has 4 N–H and O–H groups in total. The first-order valence-corrected chi connectivity index (χ1v) is 4.13. The summed E-state index contributed by atoms with van der Waals surface area (Å²) in [5.41, 5.74) is 11.6. The quantitative estimate of drug-likeness (QED) is 0.691. The van der Waals surface area contributed by atoms with Gasteiger partial charge in [-0.2, -0.15) is 0 Å². The Bertz CT molecular complexity index is 267. The first-order valence-electron chi connectivity index (χ1n) is 3.25. The van der Waals surface area contributed by atoms with Crippen molar-refractivity contribution in [2.45, 2.75) is 13.0 Å². The Kier molecular flexibility index (Phi) is 2.26. The van der Waals surface area contributed by atoms with Crippen molar-refractivity contribution in [1.82, 2.24) is 0 Å². The first kappa shape index (κ1) is 8.23. The highest BCUT2D eigenvalue weighted by molar-refractivity contribution is 7.12. The SMILES string of the molecule is C[C@H](N)c1csc(C(N)=O)c1. The Morgan fingerprint density at radius 1 is 1.73 bits per heavy atom. The fourth-order valence-electron chi connectivity index (χ4n) is 0.719. The number of nitrogens with two attached hydrogens (primary N) is 2. The molecule has 0 aromatic carbocycles. The monoisotopic (exact) mass is 170 g/mol. The highest BCUT2D eigenvalue weighted by Crippen LogP contribution is 2.18. The van der Waals surface area contributed by atoms with Gasteiger partial charge in [-0.15, -0.1) is 11.3 Å². The summed E-state index contributed by atoms with van der Waals surface area (Å²) in [5.74, 6) is -0.387. The molecule has 0 aliphatic rings. The lowest BCUT2D eigenvalue weighted by molar-refractivity contribution is 0.100. The maximum absolute atomic E-state index is 10.6. The van der Waals surface area contributed by atoms with Crippen LogP contribution in [-0.2, 0) is 0 Å². The van der Waals surface area contributed by atoms with Gasteiger partial charge in [0.25, 0.3) is 5.91 Å². The van der Waals surface area contributed by atoms with Crippen LogP contribution in [0.5, 0.6) is 0 Å². The van der Waals surface area contributed by atoms with Crippen LogP contribution in [0.15, 0.2) is 11.4 Å². The Morgan fingerprint density at radius 2 is 2.36 bits per heavy atom. The Morgan fingerprint density at radius 3 is 2.64 bits per heavy atom. The van der Waals surface area contributed by atoms with Crippen LogP contribution < -0.4 is 11.5 Å². The van der Waals surface area contributed by atoms with E-state index in [2.05, 4.69) is 0 Å². The molecule has 4 heteroatoms. The molecule has 0 aliphatic heterocycles. The van der Waals surface area contributed by atoms with Crippen LogP contribution >= 0.6 is 11.3 Å². The summed E-state index contributed by atoms with van der Waals surface area (Å²) >= 11 is 1.33. The van der Waals surface area contributed by atoms with E-state index in [0.717, 1.165) is 5.56 Å². The summed E-state index contributed by atoms with van der Waals surface area (Å²) in [5, 5.41) is 1.85. The van der Waals surface area contributed by atoms with E-state index >= 15 is 0 Å². The normalized spacial score (nSPS) is 12.9. The van der Waals surface area contributed by atoms with Crippen LogP contribution in [-0.4, -0.2) is 5.91 Å². The van der Waals surface area contributed by atoms with Gasteiger partial charge in [0.1, 0.15) is 0 Å². The lowest BCUT2D eigenvalue weighted by Gasteiger charge is -1.97. The minimum atomic E-state index is -0.387. The molecule has 1 rings (SSSR count). The van der Waals surface area contributed by atoms with Crippen molar-refractivity contribution in [1.29, 1.82) is 0 Å². The average molecular weight is 170 g/mol.